The van der Waals surface area contributed by atoms with Gasteiger partial charge in [-0.25, -0.2) is 4.79 Å². The standard InChI is InChI=1S/C23H35NO5/c1-6-28-23(5,17-25)13-12-19-14-20(27-16-18-10-8-7-9-11-18)24(15-19)21(26)29-22(2,3)4/h7-11,17,19-20H,6,12-16H2,1-5H3. The van der Waals surface area contributed by atoms with E-state index in [-0.39, 0.29) is 18.2 Å². The number of ether oxygens (including phenoxy) is 3. The van der Waals surface area contributed by atoms with Crippen molar-refractivity contribution >= 4 is 12.4 Å². The molecular formula is C23H35NO5. The van der Waals surface area contributed by atoms with E-state index in [1.54, 1.807) is 4.90 Å². The number of hydrogen-bond donors (Lipinski definition) is 0. The molecule has 0 saturated carbocycles. The topological polar surface area (TPSA) is 65.1 Å². The molecule has 0 spiro atoms. The van der Waals surface area contributed by atoms with Crippen LogP contribution in [0.3, 0.4) is 0 Å². The van der Waals surface area contributed by atoms with Gasteiger partial charge in [0.25, 0.3) is 0 Å². The molecule has 6 nitrogen and oxygen atoms in total. The van der Waals surface area contributed by atoms with Gasteiger partial charge in [0.05, 0.1) is 6.61 Å². The monoisotopic (exact) mass is 405 g/mol. The molecule has 0 bridgehead atoms. The predicted molar refractivity (Wildman–Crippen MR) is 111 cm³/mol. The molecule has 29 heavy (non-hydrogen) atoms. The third kappa shape index (κ3) is 7.44. The van der Waals surface area contributed by atoms with Crippen LogP contribution in [0.25, 0.3) is 0 Å². The highest BCUT2D eigenvalue weighted by Crippen LogP contribution is 2.32. The van der Waals surface area contributed by atoms with E-state index in [2.05, 4.69) is 0 Å². The van der Waals surface area contributed by atoms with Crippen molar-refractivity contribution in [1.82, 2.24) is 4.90 Å². The summed E-state index contributed by atoms with van der Waals surface area (Å²) >= 11 is 0. The number of rotatable bonds is 9. The summed E-state index contributed by atoms with van der Waals surface area (Å²) in [6.07, 6.45) is 2.28. The molecule has 1 aliphatic heterocycles. The first-order chi connectivity index (χ1) is 13.7. The lowest BCUT2D eigenvalue weighted by molar-refractivity contribution is -0.129. The number of benzene rings is 1. The van der Waals surface area contributed by atoms with Gasteiger partial charge in [-0.15, -0.1) is 0 Å². The van der Waals surface area contributed by atoms with Gasteiger partial charge in [0.15, 0.2) is 6.29 Å². The summed E-state index contributed by atoms with van der Waals surface area (Å²) in [5, 5.41) is 0. The largest absolute Gasteiger partial charge is 0.444 e. The SMILES string of the molecule is CCOC(C)(C=O)CCC1CC(OCc2ccccc2)N(C(=O)OC(C)(C)C)C1. The molecule has 3 atom stereocenters. The van der Waals surface area contributed by atoms with E-state index >= 15 is 0 Å². The minimum Gasteiger partial charge on any atom is -0.444 e. The zero-order chi connectivity index (χ0) is 21.5. The number of carbonyl (C=O) groups is 2. The Balaban J connectivity index is 2.02. The molecule has 1 fully saturated rings. The van der Waals surface area contributed by atoms with Crippen molar-refractivity contribution in [3.63, 3.8) is 0 Å². The van der Waals surface area contributed by atoms with Crippen LogP contribution in [0.4, 0.5) is 4.79 Å². The van der Waals surface area contributed by atoms with Gasteiger partial charge in [0.2, 0.25) is 0 Å². The van der Waals surface area contributed by atoms with Crippen LogP contribution in [-0.4, -0.2) is 47.9 Å². The van der Waals surface area contributed by atoms with E-state index in [1.165, 1.54) is 0 Å². The fourth-order valence-corrected chi connectivity index (χ4v) is 3.51. The Morgan fingerprint density at radius 2 is 1.90 bits per heavy atom. The van der Waals surface area contributed by atoms with Crippen LogP contribution in [0.2, 0.25) is 0 Å². The van der Waals surface area contributed by atoms with E-state index in [0.717, 1.165) is 18.3 Å². The van der Waals surface area contributed by atoms with Crippen molar-refractivity contribution < 1.29 is 23.8 Å². The highest BCUT2D eigenvalue weighted by atomic mass is 16.6. The first-order valence-corrected chi connectivity index (χ1v) is 10.4. The number of aldehydes is 1. The first-order valence-electron chi connectivity index (χ1n) is 10.4. The highest BCUT2D eigenvalue weighted by Gasteiger charge is 2.39. The molecule has 2 rings (SSSR count). The second-order valence-corrected chi connectivity index (χ2v) is 8.89. The minimum atomic E-state index is -0.783. The van der Waals surface area contributed by atoms with Crippen molar-refractivity contribution in [2.45, 2.75) is 77.9 Å². The molecule has 162 valence electrons. The lowest BCUT2D eigenvalue weighted by atomic mass is 9.93. The summed E-state index contributed by atoms with van der Waals surface area (Å²) in [5.74, 6) is 0.225. The van der Waals surface area contributed by atoms with Crippen LogP contribution < -0.4 is 0 Å². The molecule has 0 N–H and O–H groups in total. The maximum absolute atomic E-state index is 12.7. The molecule has 0 aliphatic carbocycles. The highest BCUT2D eigenvalue weighted by molar-refractivity contribution is 5.68. The van der Waals surface area contributed by atoms with Gasteiger partial charge in [0, 0.05) is 13.2 Å². The van der Waals surface area contributed by atoms with Crippen LogP contribution in [0.15, 0.2) is 30.3 Å². The van der Waals surface area contributed by atoms with E-state index in [0.29, 0.717) is 32.6 Å². The normalized spacial score (nSPS) is 21.6. The predicted octanol–water partition coefficient (Wildman–Crippen LogP) is 4.56. The Morgan fingerprint density at radius 1 is 1.21 bits per heavy atom. The van der Waals surface area contributed by atoms with Gasteiger partial charge < -0.3 is 19.0 Å². The number of amides is 1. The van der Waals surface area contributed by atoms with Gasteiger partial charge in [-0.1, -0.05) is 30.3 Å². The third-order valence-electron chi connectivity index (χ3n) is 5.02. The molecule has 1 saturated heterocycles. The van der Waals surface area contributed by atoms with E-state index in [1.807, 2.05) is 65.0 Å². The van der Waals surface area contributed by atoms with E-state index in [9.17, 15) is 9.59 Å². The van der Waals surface area contributed by atoms with Crippen LogP contribution in [0.1, 0.15) is 59.4 Å². The minimum absolute atomic E-state index is 0.225. The summed E-state index contributed by atoms with van der Waals surface area (Å²) in [4.78, 5) is 25.8. The second kappa shape index (κ2) is 10.2. The Hall–Kier alpha value is -1.92. The van der Waals surface area contributed by atoms with Crippen LogP contribution in [-0.2, 0) is 25.6 Å². The summed E-state index contributed by atoms with van der Waals surface area (Å²) in [6, 6.07) is 9.90. The molecular weight excluding hydrogens is 370 g/mol. The van der Waals surface area contributed by atoms with Crippen LogP contribution in [0, 0.1) is 5.92 Å². The first kappa shape index (κ1) is 23.4. The van der Waals surface area contributed by atoms with Crippen LogP contribution in [0.5, 0.6) is 0 Å². The van der Waals surface area contributed by atoms with Gasteiger partial charge >= 0.3 is 6.09 Å². The average Bonchev–Trinajstić information content (AvgIpc) is 3.08. The van der Waals surface area contributed by atoms with Crippen molar-refractivity contribution in [2.75, 3.05) is 13.2 Å². The van der Waals surface area contributed by atoms with Gasteiger partial charge in [0.1, 0.15) is 17.4 Å². The van der Waals surface area contributed by atoms with E-state index in [4.69, 9.17) is 14.2 Å². The molecule has 1 aromatic rings. The maximum atomic E-state index is 12.7. The zero-order valence-corrected chi connectivity index (χ0v) is 18.3. The summed E-state index contributed by atoms with van der Waals surface area (Å²) < 4.78 is 17.3. The Kier molecular flexibility index (Phi) is 8.23. The van der Waals surface area contributed by atoms with Gasteiger partial charge in [-0.3, -0.25) is 4.90 Å². The van der Waals surface area contributed by atoms with Crippen LogP contribution >= 0.6 is 0 Å². The van der Waals surface area contributed by atoms with Crippen molar-refractivity contribution in [3.8, 4) is 0 Å². The molecule has 6 heteroatoms. The fourth-order valence-electron chi connectivity index (χ4n) is 3.51. The number of hydrogen-bond acceptors (Lipinski definition) is 5. The molecule has 1 aliphatic rings. The zero-order valence-electron chi connectivity index (χ0n) is 18.3. The van der Waals surface area contributed by atoms with Crippen molar-refractivity contribution in [3.05, 3.63) is 35.9 Å². The summed E-state index contributed by atoms with van der Waals surface area (Å²) in [5.41, 5.74) is -0.288. The van der Waals surface area contributed by atoms with Gasteiger partial charge in [-0.05, 0) is 65.4 Å². The number of nitrogens with zero attached hydrogens (tertiary/aromatic N) is 1. The Bertz CT molecular complexity index is 657. The molecule has 0 radical (unpaired) electrons. The molecule has 1 amide bonds. The Labute approximate surface area is 174 Å². The quantitative estimate of drug-likeness (QED) is 0.564. The molecule has 3 unspecified atom stereocenters. The number of likely N-dealkylation sites (tertiary alicyclic amines) is 1. The van der Waals surface area contributed by atoms with E-state index < -0.39 is 11.2 Å². The Morgan fingerprint density at radius 3 is 2.48 bits per heavy atom. The summed E-state index contributed by atoms with van der Waals surface area (Å²) in [7, 11) is 0. The third-order valence-corrected chi connectivity index (χ3v) is 5.02. The van der Waals surface area contributed by atoms with Crippen molar-refractivity contribution in [2.24, 2.45) is 5.92 Å². The lowest BCUT2D eigenvalue weighted by Crippen LogP contribution is -2.41. The lowest BCUT2D eigenvalue weighted by Gasteiger charge is -2.28. The second-order valence-electron chi connectivity index (χ2n) is 8.89. The average molecular weight is 406 g/mol. The maximum Gasteiger partial charge on any atom is 0.412 e. The molecule has 1 aromatic carbocycles. The summed E-state index contributed by atoms with van der Waals surface area (Å²) in [6.45, 7) is 10.7. The number of carbonyl (C=O) groups excluding carboxylic acids is 2. The van der Waals surface area contributed by atoms with Gasteiger partial charge in [-0.2, -0.15) is 0 Å². The fraction of sp³-hybridized carbons (Fsp3) is 0.652. The van der Waals surface area contributed by atoms with Crippen molar-refractivity contribution in [1.29, 1.82) is 0 Å². The smallest absolute Gasteiger partial charge is 0.412 e. The molecule has 0 aromatic heterocycles. The molecule has 1 heterocycles.